The summed E-state index contributed by atoms with van der Waals surface area (Å²) in [5, 5.41) is 20.4. The average Bonchev–Trinajstić information content (AvgIpc) is 3.20. The number of nitrogens with zero attached hydrogens (tertiary/aromatic N) is 4. The molecule has 2 N–H and O–H groups in total. The van der Waals surface area contributed by atoms with E-state index in [0.717, 1.165) is 0 Å². The van der Waals surface area contributed by atoms with Gasteiger partial charge in [-0.3, -0.25) is 9.48 Å². The van der Waals surface area contributed by atoms with Gasteiger partial charge in [-0.1, -0.05) is 0 Å². The second-order valence-corrected chi connectivity index (χ2v) is 6.93. The lowest BCUT2D eigenvalue weighted by Gasteiger charge is -2.19. The van der Waals surface area contributed by atoms with E-state index in [0.29, 0.717) is 28.3 Å². The van der Waals surface area contributed by atoms with Crippen molar-refractivity contribution in [1.29, 1.82) is 0 Å². The molecule has 2 aromatic heterocycles. The molecule has 0 bridgehead atoms. The normalized spacial score (nSPS) is 11.5. The van der Waals surface area contributed by atoms with Crippen LogP contribution in [0.25, 0.3) is 5.69 Å². The first kappa shape index (κ1) is 19.3. The lowest BCUT2D eigenvalue weighted by molar-refractivity contribution is -0.146. The molecular weight excluding hydrogens is 365 g/mol. The van der Waals surface area contributed by atoms with Gasteiger partial charge in [-0.2, -0.15) is 10.2 Å². The Balaban J connectivity index is 1.87. The zero-order chi connectivity index (χ0) is 20.6. The molecule has 0 radical (unpaired) electrons. The van der Waals surface area contributed by atoms with E-state index in [1.807, 2.05) is 0 Å². The molecule has 1 aromatic carbocycles. The van der Waals surface area contributed by atoms with Gasteiger partial charge in [0.25, 0.3) is 5.91 Å². The lowest BCUT2D eigenvalue weighted by atomic mass is 10.1. The van der Waals surface area contributed by atoms with Crippen LogP contribution in [0.15, 0.2) is 36.7 Å². The van der Waals surface area contributed by atoms with Crippen molar-refractivity contribution in [2.45, 2.75) is 33.2 Å². The van der Waals surface area contributed by atoms with Crippen molar-refractivity contribution in [3.05, 3.63) is 59.4 Å². The fourth-order valence-electron chi connectivity index (χ4n) is 2.79. The molecule has 0 saturated heterocycles. The van der Waals surface area contributed by atoms with E-state index in [9.17, 15) is 19.1 Å². The number of amides is 1. The number of carbonyl (C=O) groups excluding carboxylic acids is 1. The maximum Gasteiger partial charge on any atom is 0.331 e. The van der Waals surface area contributed by atoms with Crippen LogP contribution in [0.5, 0.6) is 0 Å². The summed E-state index contributed by atoms with van der Waals surface area (Å²) in [6, 6.07) is 5.80. The highest BCUT2D eigenvalue weighted by molar-refractivity contribution is 6.05. The third-order valence-corrected chi connectivity index (χ3v) is 4.53. The topological polar surface area (TPSA) is 102 Å². The summed E-state index contributed by atoms with van der Waals surface area (Å²) in [5.41, 5.74) is 1.25. The van der Waals surface area contributed by atoms with Gasteiger partial charge in [0.2, 0.25) is 0 Å². The van der Waals surface area contributed by atoms with Crippen molar-refractivity contribution in [2.24, 2.45) is 0 Å². The minimum Gasteiger partial charge on any atom is -0.479 e. The van der Waals surface area contributed by atoms with E-state index in [1.165, 1.54) is 43.1 Å². The predicted octanol–water partition coefficient (Wildman–Crippen LogP) is 2.90. The summed E-state index contributed by atoms with van der Waals surface area (Å²) >= 11 is 0. The van der Waals surface area contributed by atoms with E-state index in [1.54, 1.807) is 30.7 Å². The van der Waals surface area contributed by atoms with Gasteiger partial charge in [-0.25, -0.2) is 13.9 Å². The number of rotatable bonds is 5. The smallest absolute Gasteiger partial charge is 0.331 e. The molecule has 0 atom stereocenters. The standard InChI is InChI=1S/C19H20FN5O3/c1-11-16(12(2)25(23-11)15-7-5-13(20)6-8-15)17(26)22-14-9-21-24(10-14)19(3,4)18(27)28/h5-10H,1-4H3,(H,22,26)(H,27,28). The molecule has 146 valence electrons. The van der Waals surface area contributed by atoms with Crippen molar-refractivity contribution in [1.82, 2.24) is 19.6 Å². The minimum absolute atomic E-state index is 0.357. The van der Waals surface area contributed by atoms with Crippen LogP contribution in [0.2, 0.25) is 0 Å². The van der Waals surface area contributed by atoms with Crippen molar-refractivity contribution >= 4 is 17.6 Å². The van der Waals surface area contributed by atoms with E-state index in [2.05, 4.69) is 15.5 Å². The van der Waals surface area contributed by atoms with Crippen molar-refractivity contribution in [3.63, 3.8) is 0 Å². The molecule has 0 fully saturated rings. The number of halogens is 1. The maximum absolute atomic E-state index is 13.2. The van der Waals surface area contributed by atoms with Gasteiger partial charge in [0.15, 0.2) is 5.54 Å². The second-order valence-electron chi connectivity index (χ2n) is 6.93. The highest BCUT2D eigenvalue weighted by Crippen LogP contribution is 2.21. The Labute approximate surface area is 160 Å². The van der Waals surface area contributed by atoms with Gasteiger partial charge in [0, 0.05) is 6.20 Å². The van der Waals surface area contributed by atoms with Gasteiger partial charge in [-0.05, 0) is 52.0 Å². The molecule has 0 aliphatic rings. The molecule has 0 aliphatic carbocycles. The summed E-state index contributed by atoms with van der Waals surface area (Å²) < 4.78 is 16.0. The van der Waals surface area contributed by atoms with Crippen molar-refractivity contribution in [2.75, 3.05) is 5.32 Å². The molecule has 3 aromatic rings. The Morgan fingerprint density at radius 2 is 1.82 bits per heavy atom. The van der Waals surface area contributed by atoms with Crippen LogP contribution in [0, 0.1) is 19.7 Å². The Kier molecular flexibility index (Phi) is 4.76. The molecule has 8 nitrogen and oxygen atoms in total. The number of aryl methyl sites for hydroxylation is 1. The first-order chi connectivity index (χ1) is 13.1. The Bertz CT molecular complexity index is 1050. The predicted molar refractivity (Wildman–Crippen MR) is 100 cm³/mol. The summed E-state index contributed by atoms with van der Waals surface area (Å²) in [7, 11) is 0. The fraction of sp³-hybridized carbons (Fsp3) is 0.263. The van der Waals surface area contributed by atoms with Crippen molar-refractivity contribution < 1.29 is 19.1 Å². The minimum atomic E-state index is -1.25. The quantitative estimate of drug-likeness (QED) is 0.703. The van der Waals surface area contributed by atoms with Crippen molar-refractivity contribution in [3.8, 4) is 5.69 Å². The molecular formula is C19H20FN5O3. The lowest BCUT2D eigenvalue weighted by Crippen LogP contribution is -2.35. The summed E-state index contributed by atoms with van der Waals surface area (Å²) in [6.07, 6.45) is 2.85. The first-order valence-corrected chi connectivity index (χ1v) is 8.53. The van der Waals surface area contributed by atoms with Crippen LogP contribution in [-0.4, -0.2) is 36.5 Å². The number of carbonyl (C=O) groups is 2. The number of aliphatic carboxylic acids is 1. The Hall–Kier alpha value is -3.49. The molecule has 0 aliphatic heterocycles. The van der Waals surface area contributed by atoms with Crippen LogP contribution < -0.4 is 5.32 Å². The molecule has 3 rings (SSSR count). The second kappa shape index (κ2) is 6.91. The van der Waals surface area contributed by atoms with E-state index < -0.39 is 17.4 Å². The van der Waals surface area contributed by atoms with Crippen LogP contribution >= 0.6 is 0 Å². The Morgan fingerprint density at radius 1 is 1.18 bits per heavy atom. The molecule has 1 amide bonds. The first-order valence-electron chi connectivity index (χ1n) is 8.53. The van der Waals surface area contributed by atoms with Gasteiger partial charge in [0.1, 0.15) is 5.82 Å². The average molecular weight is 385 g/mol. The number of carboxylic acid groups (broad SMARTS) is 1. The highest BCUT2D eigenvalue weighted by Gasteiger charge is 2.30. The monoisotopic (exact) mass is 385 g/mol. The van der Waals surface area contributed by atoms with E-state index >= 15 is 0 Å². The van der Waals surface area contributed by atoms with Gasteiger partial charge in [-0.15, -0.1) is 0 Å². The summed E-state index contributed by atoms with van der Waals surface area (Å²) in [6.45, 7) is 6.47. The number of hydrogen-bond donors (Lipinski definition) is 2. The maximum atomic E-state index is 13.2. The van der Waals surface area contributed by atoms with Crippen LogP contribution in [-0.2, 0) is 10.3 Å². The molecule has 9 heteroatoms. The number of nitrogens with one attached hydrogen (secondary N) is 1. The number of carboxylic acids is 1. The number of aromatic nitrogens is 4. The summed E-state index contributed by atoms with van der Waals surface area (Å²) in [4.78, 5) is 24.1. The number of anilines is 1. The van der Waals surface area contributed by atoms with Crippen LogP contribution in [0.3, 0.4) is 0 Å². The van der Waals surface area contributed by atoms with Gasteiger partial charge in [0.05, 0.1) is 34.5 Å². The molecule has 2 heterocycles. The zero-order valence-electron chi connectivity index (χ0n) is 15.9. The van der Waals surface area contributed by atoms with Gasteiger partial charge < -0.3 is 10.4 Å². The summed E-state index contributed by atoms with van der Waals surface area (Å²) in [5.74, 6) is -1.79. The third-order valence-electron chi connectivity index (χ3n) is 4.53. The number of benzene rings is 1. The molecule has 28 heavy (non-hydrogen) atoms. The molecule has 0 spiro atoms. The van der Waals surface area contributed by atoms with E-state index in [-0.39, 0.29) is 5.82 Å². The fourth-order valence-corrected chi connectivity index (χ4v) is 2.79. The largest absolute Gasteiger partial charge is 0.479 e. The molecule has 0 saturated carbocycles. The van der Waals surface area contributed by atoms with E-state index in [4.69, 9.17) is 0 Å². The molecule has 0 unspecified atom stereocenters. The Morgan fingerprint density at radius 3 is 2.43 bits per heavy atom. The van der Waals surface area contributed by atoms with Crippen LogP contribution in [0.4, 0.5) is 10.1 Å². The highest BCUT2D eigenvalue weighted by atomic mass is 19.1. The van der Waals surface area contributed by atoms with Crippen LogP contribution in [0.1, 0.15) is 35.6 Å². The zero-order valence-corrected chi connectivity index (χ0v) is 15.9. The van der Waals surface area contributed by atoms with Gasteiger partial charge >= 0.3 is 5.97 Å². The SMILES string of the molecule is Cc1nn(-c2ccc(F)cc2)c(C)c1C(=O)Nc1cnn(C(C)(C)C(=O)O)c1. The third kappa shape index (κ3) is 3.38. The number of hydrogen-bond acceptors (Lipinski definition) is 4.